The predicted octanol–water partition coefficient (Wildman–Crippen LogP) is 17.1. The first-order valence-electron chi connectivity index (χ1n) is 23.9. The van der Waals surface area contributed by atoms with E-state index in [0.717, 1.165) is 116 Å². The van der Waals surface area contributed by atoms with E-state index in [4.69, 9.17) is 16.5 Å². The first-order chi connectivity index (χ1) is 35.6. The first kappa shape index (κ1) is 42.0. The average Bonchev–Trinajstić information content (AvgIpc) is 3.97. The Labute approximate surface area is 416 Å². The molecule has 0 aliphatic heterocycles. The predicted molar refractivity (Wildman–Crippen MR) is 294 cm³/mol. The third-order valence-corrected chi connectivity index (χ3v) is 13.8. The largest absolute Gasteiger partial charge is 0.309 e. The van der Waals surface area contributed by atoms with Crippen molar-refractivity contribution in [3.05, 3.63) is 260 Å². The Morgan fingerprint density at radius 3 is 1.44 bits per heavy atom. The van der Waals surface area contributed by atoms with Crippen LogP contribution in [0.25, 0.3) is 127 Å². The summed E-state index contributed by atoms with van der Waals surface area (Å²) in [5.74, 6) is 0.658. The Morgan fingerprint density at radius 1 is 0.361 bits per heavy atom. The topological polar surface area (TPSA) is 63.8 Å². The monoisotopic (exact) mass is 916 g/mol. The summed E-state index contributed by atoms with van der Waals surface area (Å²) in [5, 5.41) is 14.1. The number of rotatable bonds is 8. The van der Waals surface area contributed by atoms with Gasteiger partial charge in [0.2, 0.25) is 0 Å². The Morgan fingerprint density at radius 2 is 0.833 bits per heavy atom. The van der Waals surface area contributed by atoms with Crippen molar-refractivity contribution in [3.8, 4) is 84.7 Å². The van der Waals surface area contributed by atoms with Crippen molar-refractivity contribution >= 4 is 49.3 Å². The van der Waals surface area contributed by atoms with Crippen LogP contribution in [0, 0.1) is 17.9 Å². The molecule has 13 rings (SSSR count). The number of nitriles is 1. The molecule has 3 aromatic heterocycles. The molecule has 0 aliphatic carbocycles. The molecule has 0 N–H and O–H groups in total. The Balaban J connectivity index is 1.07. The highest BCUT2D eigenvalue weighted by Gasteiger charge is 2.22. The highest BCUT2D eigenvalue weighted by Crippen LogP contribution is 2.44. The zero-order valence-electron chi connectivity index (χ0n) is 38.8. The van der Waals surface area contributed by atoms with E-state index in [0.29, 0.717) is 17.1 Å². The normalized spacial score (nSPS) is 11.3. The van der Waals surface area contributed by atoms with E-state index in [2.05, 4.69) is 178 Å². The van der Waals surface area contributed by atoms with Gasteiger partial charge in [-0.05, 0) is 89.0 Å². The molecule has 6 nitrogen and oxygen atoms in total. The number of benzene rings is 10. The molecule has 0 spiro atoms. The third kappa shape index (κ3) is 7.19. The van der Waals surface area contributed by atoms with Gasteiger partial charge in [-0.3, -0.25) is 0 Å². The lowest BCUT2D eigenvalue weighted by Gasteiger charge is -2.20. The van der Waals surface area contributed by atoms with E-state index < -0.39 is 0 Å². The average molecular weight is 917 g/mol. The van der Waals surface area contributed by atoms with Gasteiger partial charge >= 0.3 is 0 Å². The highest BCUT2D eigenvalue weighted by molar-refractivity contribution is 6.13. The van der Waals surface area contributed by atoms with Crippen molar-refractivity contribution < 1.29 is 0 Å². The second-order valence-electron chi connectivity index (χ2n) is 18.0. The summed E-state index contributed by atoms with van der Waals surface area (Å²) < 4.78 is 4.82. The number of hydrogen-bond donors (Lipinski definition) is 0. The molecule has 0 fully saturated rings. The number of hydrogen-bond acceptors (Lipinski definition) is 3. The van der Waals surface area contributed by atoms with Crippen molar-refractivity contribution in [1.82, 2.24) is 19.1 Å². The fraction of sp³-hybridized carbons (Fsp3) is 0. The van der Waals surface area contributed by atoms with Gasteiger partial charge in [-0.15, -0.1) is 0 Å². The van der Waals surface area contributed by atoms with Crippen molar-refractivity contribution in [3.63, 3.8) is 0 Å². The summed E-state index contributed by atoms with van der Waals surface area (Å²) in [7, 11) is 0. The molecule has 0 aliphatic rings. The maximum atomic E-state index is 9.50. The molecular formula is C66H40N6. The van der Waals surface area contributed by atoms with Crippen molar-refractivity contribution in [2.75, 3.05) is 0 Å². The summed E-state index contributed by atoms with van der Waals surface area (Å²) in [5.41, 5.74) is 18.6. The summed E-state index contributed by atoms with van der Waals surface area (Å²) in [4.78, 5) is 14.1. The maximum absolute atomic E-state index is 9.50. The van der Waals surface area contributed by atoms with E-state index >= 15 is 0 Å². The van der Waals surface area contributed by atoms with Crippen LogP contribution in [0.1, 0.15) is 5.56 Å². The van der Waals surface area contributed by atoms with Gasteiger partial charge in [-0.25, -0.2) is 14.8 Å². The Kier molecular flexibility index (Phi) is 10.2. The lowest BCUT2D eigenvalue weighted by molar-refractivity contribution is 1.15. The van der Waals surface area contributed by atoms with Crippen molar-refractivity contribution in [2.24, 2.45) is 0 Å². The molecule has 0 unspecified atom stereocenters. The zero-order valence-corrected chi connectivity index (χ0v) is 38.8. The van der Waals surface area contributed by atoms with Gasteiger partial charge in [0.05, 0.1) is 63.0 Å². The number of aromatic nitrogens is 4. The second kappa shape index (κ2) is 17.4. The van der Waals surface area contributed by atoms with E-state index in [1.807, 2.05) is 84.9 Å². The van der Waals surface area contributed by atoms with Crippen LogP contribution in [-0.4, -0.2) is 19.1 Å². The standard InChI is InChI=1S/C66H40N6/c1-68-51-33-28-45(29-34-51)49-32-37-64-57(39-49)54-20-10-13-23-62(54)72(64)65-40-50(59-41-58(46-14-4-2-5-15-46)69-66(70-59)47-16-6-3-7-17-47)30-35-55(65)52-18-8-11-21-60(52)71-61-22-12-9-19-53(61)56-38-48(31-36-63(56)71)44-26-24-43(42-67)25-27-44/h2-41H. The summed E-state index contributed by atoms with van der Waals surface area (Å²) in [6.07, 6.45) is 0. The summed E-state index contributed by atoms with van der Waals surface area (Å²) in [6, 6.07) is 86.7. The van der Waals surface area contributed by atoms with Crippen molar-refractivity contribution in [1.29, 1.82) is 5.26 Å². The molecule has 6 heteroatoms. The fourth-order valence-corrected chi connectivity index (χ4v) is 10.4. The minimum absolute atomic E-state index is 0.619. The van der Waals surface area contributed by atoms with Crippen molar-refractivity contribution in [2.45, 2.75) is 0 Å². The molecule has 0 radical (unpaired) electrons. The molecule has 72 heavy (non-hydrogen) atoms. The van der Waals surface area contributed by atoms with Crippen LogP contribution >= 0.6 is 0 Å². The molecule has 0 bridgehead atoms. The van der Waals surface area contributed by atoms with Crippen LogP contribution in [0.2, 0.25) is 0 Å². The van der Waals surface area contributed by atoms with Crippen LogP contribution in [0.3, 0.4) is 0 Å². The lowest BCUT2D eigenvalue weighted by Crippen LogP contribution is -2.02. The molecule has 0 saturated heterocycles. The van der Waals surface area contributed by atoms with Crippen LogP contribution < -0.4 is 0 Å². The van der Waals surface area contributed by atoms with Crippen LogP contribution in [0.4, 0.5) is 5.69 Å². The molecule has 0 amide bonds. The molecule has 13 aromatic rings. The minimum atomic E-state index is 0.619. The van der Waals surface area contributed by atoms with E-state index in [-0.39, 0.29) is 0 Å². The fourth-order valence-electron chi connectivity index (χ4n) is 10.4. The SMILES string of the molecule is [C-]#[N+]c1ccc(-c2ccc3c(c2)c2ccccc2n3-c2cc(-c3cc(-c4ccccc4)nc(-c4ccccc4)n3)ccc2-c2ccccc2-n2c3ccccc3c3cc(-c4ccc(C#N)cc4)ccc32)cc1. The molecular weight excluding hydrogens is 877 g/mol. The maximum Gasteiger partial charge on any atom is 0.187 e. The van der Waals surface area contributed by atoms with Gasteiger partial charge in [-0.2, -0.15) is 5.26 Å². The van der Waals surface area contributed by atoms with Crippen LogP contribution in [0.5, 0.6) is 0 Å². The molecule has 0 saturated carbocycles. The van der Waals surface area contributed by atoms with Gasteiger partial charge in [0, 0.05) is 49.4 Å². The lowest BCUT2D eigenvalue weighted by atomic mass is 9.97. The minimum Gasteiger partial charge on any atom is -0.309 e. The van der Waals surface area contributed by atoms with Crippen LogP contribution in [0.15, 0.2) is 243 Å². The first-order valence-corrected chi connectivity index (χ1v) is 23.9. The third-order valence-electron chi connectivity index (χ3n) is 13.8. The number of fused-ring (bicyclic) bond motifs is 6. The van der Waals surface area contributed by atoms with Gasteiger partial charge in [-0.1, -0.05) is 176 Å². The number of nitrogens with zero attached hydrogens (tertiary/aromatic N) is 6. The summed E-state index contributed by atoms with van der Waals surface area (Å²) in [6.45, 7) is 7.53. The summed E-state index contributed by atoms with van der Waals surface area (Å²) >= 11 is 0. The Hall–Kier alpha value is -10.1. The van der Waals surface area contributed by atoms with Gasteiger partial charge < -0.3 is 9.13 Å². The highest BCUT2D eigenvalue weighted by atomic mass is 15.0. The quantitative estimate of drug-likeness (QED) is 0.143. The smallest absolute Gasteiger partial charge is 0.187 e. The molecule has 334 valence electrons. The van der Waals surface area contributed by atoms with Gasteiger partial charge in [0.1, 0.15) is 0 Å². The molecule has 0 atom stereocenters. The van der Waals surface area contributed by atoms with Gasteiger partial charge in [0.25, 0.3) is 0 Å². The van der Waals surface area contributed by atoms with E-state index in [1.54, 1.807) is 0 Å². The molecule has 10 aromatic carbocycles. The van der Waals surface area contributed by atoms with Gasteiger partial charge in [0.15, 0.2) is 11.5 Å². The number of para-hydroxylation sites is 3. The Bertz CT molecular complexity index is 4270. The molecule has 3 heterocycles. The van der Waals surface area contributed by atoms with Crippen LogP contribution in [-0.2, 0) is 0 Å². The second-order valence-corrected chi connectivity index (χ2v) is 18.0. The van der Waals surface area contributed by atoms with E-state index in [9.17, 15) is 5.26 Å². The van der Waals surface area contributed by atoms with E-state index in [1.165, 1.54) is 0 Å². The zero-order chi connectivity index (χ0) is 48.1.